The van der Waals surface area contributed by atoms with Crippen LogP contribution in [0.2, 0.25) is 0 Å². The minimum Gasteiger partial charge on any atom is -0.496 e. The van der Waals surface area contributed by atoms with Crippen LogP contribution in [0.3, 0.4) is 0 Å². The topological polar surface area (TPSA) is 100 Å². The highest BCUT2D eigenvalue weighted by atomic mass is 31.2. The number of rotatable bonds is 13. The van der Waals surface area contributed by atoms with Crippen molar-refractivity contribution < 1.29 is 47.4 Å². The van der Waals surface area contributed by atoms with Crippen LogP contribution in [0, 0.1) is 0 Å². The van der Waals surface area contributed by atoms with Crippen LogP contribution in [0.4, 0.5) is 0 Å². The first-order chi connectivity index (χ1) is 19.4. The van der Waals surface area contributed by atoms with Crippen molar-refractivity contribution in [2.24, 2.45) is 0 Å². The summed E-state index contributed by atoms with van der Waals surface area (Å²) in [6.45, 7) is 0. The summed E-state index contributed by atoms with van der Waals surface area (Å²) in [5, 5.41) is 1.51. The van der Waals surface area contributed by atoms with E-state index in [1.807, 2.05) is 5.94 Å². The highest BCUT2D eigenvalue weighted by Gasteiger charge is 2.57. The standard InChI is InChI=1S/C29H34O10P/c1-31-18-12-21(34-4)27(22(13-18)35-5)40(11-10-30,28-23(36-6)14-19(32-2)15-24(28)37-7)29-25(38-8)16-20(33-3)17-26(29)39-9/h11-17H,1-9H3/q+1. The third-order valence-electron chi connectivity index (χ3n) is 6.37. The second-order valence-corrected chi connectivity index (χ2v) is 11.2. The van der Waals surface area contributed by atoms with Crippen molar-refractivity contribution in [3.8, 4) is 51.7 Å². The van der Waals surface area contributed by atoms with Gasteiger partial charge in [0.05, 0.1) is 64.0 Å². The van der Waals surface area contributed by atoms with Gasteiger partial charge in [-0.15, -0.1) is 0 Å². The summed E-state index contributed by atoms with van der Waals surface area (Å²) in [7, 11) is 10.3. The van der Waals surface area contributed by atoms with E-state index >= 15 is 0 Å². The minimum absolute atomic E-state index is 0.371. The summed E-state index contributed by atoms with van der Waals surface area (Å²) in [4.78, 5) is 12.6. The normalized spacial score (nSPS) is 10.6. The highest BCUT2D eigenvalue weighted by molar-refractivity contribution is 7.99. The summed E-state index contributed by atoms with van der Waals surface area (Å²) in [6, 6.07) is 10.2. The SMILES string of the molecule is COc1cc(OC)c([P+](C=C=O)(c2c(OC)cc(OC)cc2OC)c2c(OC)cc(OC)cc2OC)c(OC)c1. The lowest BCUT2D eigenvalue weighted by Gasteiger charge is -2.30. The summed E-state index contributed by atoms with van der Waals surface area (Å²) >= 11 is 0. The average molecular weight is 574 g/mol. The van der Waals surface area contributed by atoms with E-state index in [0.717, 1.165) is 0 Å². The maximum Gasteiger partial charge on any atom is 0.194 e. The van der Waals surface area contributed by atoms with Crippen LogP contribution in [-0.4, -0.2) is 69.9 Å². The number of hydrogen-bond donors (Lipinski definition) is 0. The first-order valence-electron chi connectivity index (χ1n) is 11.9. The fourth-order valence-electron chi connectivity index (χ4n) is 4.61. The molecular formula is C29H34O10P+. The van der Waals surface area contributed by atoms with Crippen molar-refractivity contribution in [1.82, 2.24) is 0 Å². The van der Waals surface area contributed by atoms with E-state index in [1.54, 1.807) is 36.4 Å². The largest absolute Gasteiger partial charge is 0.496 e. The molecule has 0 aliphatic carbocycles. The van der Waals surface area contributed by atoms with Crippen molar-refractivity contribution in [3.05, 3.63) is 42.2 Å². The molecule has 214 valence electrons. The number of hydrogen-bond acceptors (Lipinski definition) is 10. The highest BCUT2D eigenvalue weighted by Crippen LogP contribution is 2.67. The molecule has 0 unspecified atom stereocenters. The van der Waals surface area contributed by atoms with Gasteiger partial charge in [-0.3, -0.25) is 0 Å². The quantitative estimate of drug-likeness (QED) is 0.223. The van der Waals surface area contributed by atoms with Gasteiger partial charge in [0.25, 0.3) is 0 Å². The van der Waals surface area contributed by atoms with Crippen molar-refractivity contribution in [1.29, 1.82) is 0 Å². The van der Waals surface area contributed by atoms with Gasteiger partial charge in [-0.1, -0.05) is 0 Å². The Labute approximate surface area is 234 Å². The smallest absolute Gasteiger partial charge is 0.194 e. The fraction of sp³-hybridized carbons (Fsp3) is 0.310. The van der Waals surface area contributed by atoms with Crippen molar-refractivity contribution in [3.63, 3.8) is 0 Å². The Kier molecular flexibility index (Phi) is 9.99. The molecule has 0 bridgehead atoms. The molecule has 0 spiro atoms. The van der Waals surface area contributed by atoms with Crippen LogP contribution in [0.1, 0.15) is 0 Å². The van der Waals surface area contributed by atoms with Crippen LogP contribution in [0.15, 0.2) is 42.2 Å². The van der Waals surface area contributed by atoms with Gasteiger partial charge >= 0.3 is 0 Å². The lowest BCUT2D eigenvalue weighted by molar-refractivity contribution is 0.378. The molecule has 3 rings (SSSR count). The molecule has 0 N–H and O–H groups in total. The van der Waals surface area contributed by atoms with Gasteiger partial charge in [0.15, 0.2) is 69.4 Å². The zero-order chi connectivity index (χ0) is 29.4. The third kappa shape index (κ3) is 5.16. The Balaban J connectivity index is 2.82. The molecule has 0 aliphatic heterocycles. The molecule has 0 atom stereocenters. The van der Waals surface area contributed by atoms with Crippen LogP contribution < -0.4 is 58.5 Å². The number of methoxy groups -OCH3 is 9. The van der Waals surface area contributed by atoms with Crippen molar-refractivity contribution >= 4 is 29.1 Å². The zero-order valence-corrected chi connectivity index (χ0v) is 25.0. The molecular weight excluding hydrogens is 539 g/mol. The minimum atomic E-state index is -3.43. The Morgan fingerprint density at radius 3 is 0.825 bits per heavy atom. The zero-order valence-electron chi connectivity index (χ0n) is 24.1. The van der Waals surface area contributed by atoms with E-state index in [4.69, 9.17) is 42.6 Å². The average Bonchev–Trinajstić information content (AvgIpc) is 3.01. The lowest BCUT2D eigenvalue weighted by Crippen LogP contribution is -2.35. The summed E-state index contributed by atoms with van der Waals surface area (Å²) in [5.74, 6) is 7.14. The second kappa shape index (κ2) is 13.2. The van der Waals surface area contributed by atoms with Gasteiger partial charge in [-0.05, 0) is 0 Å². The van der Waals surface area contributed by atoms with Crippen LogP contribution in [0.25, 0.3) is 0 Å². The third-order valence-corrected chi connectivity index (χ3v) is 10.3. The van der Waals surface area contributed by atoms with E-state index in [0.29, 0.717) is 67.7 Å². The molecule has 0 heterocycles. The van der Waals surface area contributed by atoms with Gasteiger partial charge in [0.2, 0.25) is 0 Å². The maximum atomic E-state index is 12.6. The van der Waals surface area contributed by atoms with Gasteiger partial charge in [0.1, 0.15) is 17.2 Å². The maximum absolute atomic E-state index is 12.6. The predicted molar refractivity (Wildman–Crippen MR) is 154 cm³/mol. The van der Waals surface area contributed by atoms with E-state index < -0.39 is 7.26 Å². The molecule has 3 aromatic rings. The molecule has 0 saturated carbocycles. The second-order valence-electron chi connectivity index (χ2n) is 8.11. The number of carbonyl (C=O) groups excluding carboxylic acids is 1. The van der Waals surface area contributed by atoms with Crippen LogP contribution in [0.5, 0.6) is 51.7 Å². The Morgan fingerprint density at radius 2 is 0.675 bits per heavy atom. The number of benzene rings is 3. The Morgan fingerprint density at radius 1 is 0.450 bits per heavy atom. The molecule has 0 saturated heterocycles. The van der Waals surface area contributed by atoms with Crippen LogP contribution >= 0.6 is 7.26 Å². The molecule has 11 heteroatoms. The number of ether oxygens (including phenoxy) is 9. The van der Waals surface area contributed by atoms with Crippen LogP contribution in [-0.2, 0) is 4.79 Å². The molecule has 0 amide bonds. The van der Waals surface area contributed by atoms with Gasteiger partial charge in [0, 0.05) is 36.4 Å². The lowest BCUT2D eigenvalue weighted by atomic mass is 10.3. The molecule has 3 aromatic carbocycles. The van der Waals surface area contributed by atoms with Gasteiger partial charge in [-0.25, -0.2) is 4.79 Å². The molecule has 40 heavy (non-hydrogen) atoms. The predicted octanol–water partition coefficient (Wildman–Crippen LogP) is 3.40. The Hall–Kier alpha value is -4.26. The summed E-state index contributed by atoms with van der Waals surface area (Å²) < 4.78 is 52.0. The van der Waals surface area contributed by atoms with Gasteiger partial charge < -0.3 is 42.6 Å². The van der Waals surface area contributed by atoms with E-state index in [-0.39, 0.29) is 0 Å². The Bertz CT molecular complexity index is 1170. The fourth-order valence-corrected chi connectivity index (χ4v) is 8.85. The molecule has 0 radical (unpaired) electrons. The van der Waals surface area contributed by atoms with E-state index in [9.17, 15) is 4.79 Å². The first kappa shape index (κ1) is 30.3. The molecule has 0 fully saturated rings. The molecule has 0 aromatic heterocycles. The van der Waals surface area contributed by atoms with E-state index in [1.165, 1.54) is 69.8 Å². The van der Waals surface area contributed by atoms with E-state index in [2.05, 4.69) is 0 Å². The van der Waals surface area contributed by atoms with Gasteiger partial charge in [-0.2, -0.15) is 0 Å². The van der Waals surface area contributed by atoms with Crippen molar-refractivity contribution in [2.45, 2.75) is 0 Å². The first-order valence-corrected chi connectivity index (χ1v) is 13.8. The molecule has 0 aliphatic rings. The molecule has 10 nitrogen and oxygen atoms in total. The monoisotopic (exact) mass is 573 g/mol. The van der Waals surface area contributed by atoms with Crippen molar-refractivity contribution in [2.75, 3.05) is 64.0 Å². The summed E-state index contributed by atoms with van der Waals surface area (Å²) in [6.07, 6.45) is 0. The summed E-state index contributed by atoms with van der Waals surface area (Å²) in [5.41, 5.74) is 0.